The Balaban J connectivity index is 1.50. The molecular weight excluding hydrogens is 494 g/mol. The van der Waals surface area contributed by atoms with Crippen molar-refractivity contribution >= 4 is 22.5 Å². The number of alkyl halides is 3. The van der Waals surface area contributed by atoms with E-state index in [-0.39, 0.29) is 41.8 Å². The van der Waals surface area contributed by atoms with Crippen LogP contribution in [0.2, 0.25) is 0 Å². The van der Waals surface area contributed by atoms with Crippen LogP contribution in [0, 0.1) is 12.7 Å². The van der Waals surface area contributed by atoms with Gasteiger partial charge in [-0.1, -0.05) is 0 Å². The predicted octanol–water partition coefficient (Wildman–Crippen LogP) is 3.28. The number of aliphatic hydroxyl groups excluding tert-OH is 1. The third kappa shape index (κ3) is 4.80. The molecule has 0 unspecified atom stereocenters. The number of hydrogen-bond acceptors (Lipinski definition) is 7. The Labute approximate surface area is 209 Å². The third-order valence-electron chi connectivity index (χ3n) is 6.66. The molecule has 0 bridgehead atoms. The number of methoxy groups -OCH3 is 1. The van der Waals surface area contributed by atoms with Gasteiger partial charge in [0, 0.05) is 31.4 Å². The number of nitrogens with one attached hydrogen (secondary N) is 1. The van der Waals surface area contributed by atoms with Crippen molar-refractivity contribution in [2.75, 3.05) is 38.7 Å². The molecule has 1 aromatic carbocycles. The SMILES string of the molecule is COc1nc(N[C@H]2CCN(CCO)C[C@H]2F)nn2ccc(-c3cc(F)c4nc(C)n(CC(F)F)c4c3)c12. The monoisotopic (exact) mass is 521 g/mol. The first-order valence-corrected chi connectivity index (χ1v) is 11.9. The number of aromatic nitrogens is 5. The third-order valence-corrected chi connectivity index (χ3v) is 6.66. The van der Waals surface area contributed by atoms with Crippen molar-refractivity contribution in [2.24, 2.45) is 0 Å². The maximum atomic E-state index is 15.0. The Morgan fingerprint density at radius 2 is 2.08 bits per heavy atom. The van der Waals surface area contributed by atoms with Gasteiger partial charge < -0.3 is 19.7 Å². The van der Waals surface area contributed by atoms with E-state index < -0.39 is 31.0 Å². The molecular formula is C24H27F4N7O2. The fourth-order valence-corrected chi connectivity index (χ4v) is 4.89. The first kappa shape index (κ1) is 25.2. The summed E-state index contributed by atoms with van der Waals surface area (Å²) >= 11 is 0. The van der Waals surface area contributed by atoms with Crippen LogP contribution in [0.3, 0.4) is 0 Å². The number of β-amino-alcohol motifs (C(OH)–C–C–N with tert-alkyl or cyclic N) is 1. The first-order chi connectivity index (χ1) is 17.8. The van der Waals surface area contributed by atoms with Crippen LogP contribution >= 0.6 is 0 Å². The Kier molecular flexibility index (Phi) is 6.90. The predicted molar refractivity (Wildman–Crippen MR) is 129 cm³/mol. The summed E-state index contributed by atoms with van der Waals surface area (Å²) in [7, 11) is 1.43. The summed E-state index contributed by atoms with van der Waals surface area (Å²) in [5.41, 5.74) is 1.67. The van der Waals surface area contributed by atoms with E-state index in [2.05, 4.69) is 20.4 Å². The number of ether oxygens (including phenoxy) is 1. The lowest BCUT2D eigenvalue weighted by molar-refractivity contribution is 0.107. The van der Waals surface area contributed by atoms with Gasteiger partial charge in [-0.15, -0.1) is 5.10 Å². The number of hydrogen-bond donors (Lipinski definition) is 2. The summed E-state index contributed by atoms with van der Waals surface area (Å²) in [6, 6.07) is 4.08. The molecule has 0 saturated carbocycles. The Hall–Kier alpha value is -3.45. The molecule has 0 amide bonds. The average Bonchev–Trinajstić information content (AvgIpc) is 3.42. The molecule has 5 rings (SSSR count). The van der Waals surface area contributed by atoms with E-state index in [1.165, 1.54) is 22.3 Å². The molecule has 0 radical (unpaired) electrons. The van der Waals surface area contributed by atoms with Crippen molar-refractivity contribution in [1.82, 2.24) is 29.0 Å². The second-order valence-corrected chi connectivity index (χ2v) is 9.03. The van der Waals surface area contributed by atoms with Gasteiger partial charge >= 0.3 is 0 Å². The molecule has 1 saturated heterocycles. The summed E-state index contributed by atoms with van der Waals surface area (Å²) < 4.78 is 64.3. The normalized spacial score (nSPS) is 18.8. The molecule has 2 atom stereocenters. The van der Waals surface area contributed by atoms with Gasteiger partial charge in [0.25, 0.3) is 6.43 Å². The van der Waals surface area contributed by atoms with Crippen molar-refractivity contribution in [3.05, 3.63) is 36.0 Å². The molecule has 198 valence electrons. The highest BCUT2D eigenvalue weighted by Crippen LogP contribution is 2.34. The molecule has 1 aliphatic rings. The molecule has 1 fully saturated rings. The Morgan fingerprint density at radius 1 is 1.27 bits per heavy atom. The topological polar surface area (TPSA) is 92.7 Å². The van der Waals surface area contributed by atoms with Crippen LogP contribution in [0.4, 0.5) is 23.5 Å². The van der Waals surface area contributed by atoms with E-state index in [9.17, 15) is 17.6 Å². The van der Waals surface area contributed by atoms with Gasteiger partial charge in [-0.3, -0.25) is 4.90 Å². The minimum absolute atomic E-state index is 0.0194. The number of halogens is 4. The summed E-state index contributed by atoms with van der Waals surface area (Å²) in [6.45, 7) is 2.17. The lowest BCUT2D eigenvalue weighted by Crippen LogP contribution is -2.48. The number of anilines is 1. The van der Waals surface area contributed by atoms with E-state index >= 15 is 0 Å². The zero-order valence-electron chi connectivity index (χ0n) is 20.3. The Morgan fingerprint density at radius 3 is 2.78 bits per heavy atom. The zero-order valence-corrected chi connectivity index (χ0v) is 20.3. The number of nitrogens with zero attached hydrogens (tertiary/aromatic N) is 6. The summed E-state index contributed by atoms with van der Waals surface area (Å²) in [6.07, 6.45) is -1.65. The summed E-state index contributed by atoms with van der Waals surface area (Å²) in [5, 5.41) is 16.6. The number of imidazole rings is 1. The lowest BCUT2D eigenvalue weighted by atomic mass is 10.0. The number of benzene rings is 1. The largest absolute Gasteiger partial charge is 0.479 e. The molecule has 0 aliphatic carbocycles. The van der Waals surface area contributed by atoms with Gasteiger partial charge in [0.15, 0.2) is 5.82 Å². The molecule has 9 nitrogen and oxygen atoms in total. The fraction of sp³-hybridized carbons (Fsp3) is 0.458. The van der Waals surface area contributed by atoms with E-state index in [4.69, 9.17) is 9.84 Å². The van der Waals surface area contributed by atoms with Crippen LogP contribution in [0.25, 0.3) is 27.7 Å². The summed E-state index contributed by atoms with van der Waals surface area (Å²) in [4.78, 5) is 10.4. The minimum atomic E-state index is -2.62. The minimum Gasteiger partial charge on any atom is -0.479 e. The number of piperidine rings is 1. The van der Waals surface area contributed by atoms with Crippen molar-refractivity contribution < 1.29 is 27.4 Å². The lowest BCUT2D eigenvalue weighted by Gasteiger charge is -2.34. The molecule has 0 spiro atoms. The molecule has 37 heavy (non-hydrogen) atoms. The van der Waals surface area contributed by atoms with Crippen LogP contribution < -0.4 is 10.1 Å². The maximum Gasteiger partial charge on any atom is 0.256 e. The molecule has 13 heteroatoms. The highest BCUT2D eigenvalue weighted by Gasteiger charge is 2.30. The number of aryl methyl sites for hydroxylation is 1. The number of aliphatic hydroxyl groups is 1. The molecule has 1 aliphatic heterocycles. The van der Waals surface area contributed by atoms with Gasteiger partial charge in [0.2, 0.25) is 11.8 Å². The zero-order chi connectivity index (χ0) is 26.3. The van der Waals surface area contributed by atoms with Gasteiger partial charge in [-0.2, -0.15) is 4.98 Å². The van der Waals surface area contributed by atoms with Crippen molar-refractivity contribution in [1.29, 1.82) is 0 Å². The Bertz CT molecular complexity index is 1420. The smallest absolute Gasteiger partial charge is 0.256 e. The van der Waals surface area contributed by atoms with Crippen LogP contribution in [-0.4, -0.2) is 86.1 Å². The second-order valence-electron chi connectivity index (χ2n) is 9.03. The van der Waals surface area contributed by atoms with Crippen molar-refractivity contribution in [3.8, 4) is 17.0 Å². The van der Waals surface area contributed by atoms with Gasteiger partial charge in [-0.05, 0) is 37.1 Å². The first-order valence-electron chi connectivity index (χ1n) is 11.9. The van der Waals surface area contributed by atoms with Crippen molar-refractivity contribution in [3.63, 3.8) is 0 Å². The van der Waals surface area contributed by atoms with Crippen LogP contribution in [-0.2, 0) is 6.54 Å². The standard InChI is InChI=1S/C24H27F4N7O2/c1-13-29-21-16(25)9-14(10-19(21)34(13)12-20(27)28)15-3-6-35-22(15)23(37-2)31-24(32-35)30-18-4-5-33(7-8-36)11-17(18)26/h3,6,9-10,17-18,20,36H,4-5,7-8,11-12H2,1-2H3,(H,30,32)/t17-,18+/m1/s1. The van der Waals surface area contributed by atoms with E-state index in [1.807, 2.05) is 4.90 Å². The van der Waals surface area contributed by atoms with Gasteiger partial charge in [0.1, 0.15) is 23.0 Å². The summed E-state index contributed by atoms with van der Waals surface area (Å²) in [5.74, 6) is 0.00571. The number of fused-ring (bicyclic) bond motifs is 2. The van der Waals surface area contributed by atoms with Crippen LogP contribution in [0.5, 0.6) is 5.88 Å². The van der Waals surface area contributed by atoms with Gasteiger partial charge in [-0.25, -0.2) is 27.1 Å². The fourth-order valence-electron chi connectivity index (χ4n) is 4.89. The number of likely N-dealkylation sites (tertiary alicyclic amines) is 1. The molecule has 3 aromatic heterocycles. The second kappa shape index (κ2) is 10.1. The van der Waals surface area contributed by atoms with Crippen LogP contribution in [0.15, 0.2) is 24.4 Å². The molecule has 4 heterocycles. The molecule has 4 aromatic rings. The highest BCUT2D eigenvalue weighted by atomic mass is 19.3. The number of rotatable bonds is 8. The van der Waals surface area contributed by atoms with Crippen LogP contribution in [0.1, 0.15) is 12.2 Å². The maximum absolute atomic E-state index is 15.0. The van der Waals surface area contributed by atoms with Gasteiger partial charge in [0.05, 0.1) is 31.8 Å². The van der Waals surface area contributed by atoms with Crippen molar-refractivity contribution in [2.45, 2.75) is 38.5 Å². The van der Waals surface area contributed by atoms with E-state index in [1.54, 1.807) is 25.3 Å². The average molecular weight is 522 g/mol. The van der Waals surface area contributed by atoms with E-state index in [0.29, 0.717) is 36.2 Å². The molecule has 2 N–H and O–H groups in total. The van der Waals surface area contributed by atoms with E-state index in [0.717, 1.165) is 0 Å². The quantitative estimate of drug-likeness (QED) is 0.344. The highest BCUT2D eigenvalue weighted by molar-refractivity contribution is 5.90.